The predicted molar refractivity (Wildman–Crippen MR) is 88.4 cm³/mol. The van der Waals surface area contributed by atoms with Gasteiger partial charge >= 0.3 is 0 Å². The van der Waals surface area contributed by atoms with Crippen molar-refractivity contribution in [3.63, 3.8) is 0 Å². The molecule has 1 saturated heterocycles. The van der Waals surface area contributed by atoms with Gasteiger partial charge in [0.15, 0.2) is 0 Å². The average molecular weight is 369 g/mol. The molecule has 1 N–H and O–H groups in total. The number of aromatic nitrogens is 1. The van der Waals surface area contributed by atoms with Gasteiger partial charge in [-0.2, -0.15) is 0 Å². The molecule has 2 heterocycles. The van der Waals surface area contributed by atoms with Crippen LogP contribution in [-0.2, 0) is 9.59 Å². The lowest BCUT2D eigenvalue weighted by Gasteiger charge is -2.32. The van der Waals surface area contributed by atoms with Crippen LogP contribution in [0.1, 0.15) is 12.8 Å². The molecule has 0 bridgehead atoms. The summed E-state index contributed by atoms with van der Waals surface area (Å²) in [6.07, 6.45) is 3.42. The Labute approximate surface area is 139 Å². The van der Waals surface area contributed by atoms with Gasteiger partial charge in [0.25, 0.3) is 0 Å². The number of hydrogen-bond donors (Lipinski definition) is 1. The lowest BCUT2D eigenvalue weighted by Crippen LogP contribution is -2.45. The van der Waals surface area contributed by atoms with E-state index in [0.717, 1.165) is 23.9 Å². The lowest BCUT2D eigenvalue weighted by atomic mass is 9.97. The summed E-state index contributed by atoms with van der Waals surface area (Å²) >= 11 is 3.31. The number of carbonyl (C=O) groups is 2. The zero-order chi connectivity index (χ0) is 16.1. The monoisotopic (exact) mass is 368 g/mol. The number of nitrogens with one attached hydrogen (secondary N) is 1. The molecule has 120 valence electrons. The van der Waals surface area contributed by atoms with Crippen molar-refractivity contribution in [1.82, 2.24) is 14.8 Å². The SMILES string of the molecule is CN(C)C(=O)CN1CCCC(C(=O)Nc2ccc(Br)cn2)C1. The minimum atomic E-state index is -0.103. The van der Waals surface area contributed by atoms with Crippen molar-refractivity contribution in [1.29, 1.82) is 0 Å². The summed E-state index contributed by atoms with van der Waals surface area (Å²) in [6.45, 7) is 1.84. The molecular formula is C15H21BrN4O2. The van der Waals surface area contributed by atoms with Crippen molar-refractivity contribution >= 4 is 33.6 Å². The van der Waals surface area contributed by atoms with E-state index in [2.05, 4.69) is 26.2 Å². The molecule has 0 radical (unpaired) electrons. The van der Waals surface area contributed by atoms with E-state index in [4.69, 9.17) is 0 Å². The highest BCUT2D eigenvalue weighted by Crippen LogP contribution is 2.19. The molecule has 0 aromatic carbocycles. The molecule has 1 aliphatic heterocycles. The van der Waals surface area contributed by atoms with Crippen molar-refractivity contribution in [3.8, 4) is 0 Å². The molecule has 0 spiro atoms. The Bertz CT molecular complexity index is 533. The van der Waals surface area contributed by atoms with Crippen molar-refractivity contribution in [2.45, 2.75) is 12.8 Å². The van der Waals surface area contributed by atoms with Crippen LogP contribution in [0.5, 0.6) is 0 Å². The van der Waals surface area contributed by atoms with E-state index in [-0.39, 0.29) is 17.7 Å². The number of rotatable bonds is 4. The highest BCUT2D eigenvalue weighted by molar-refractivity contribution is 9.10. The molecule has 1 unspecified atom stereocenters. The molecule has 0 saturated carbocycles. The third kappa shape index (κ3) is 4.78. The molecular weight excluding hydrogens is 348 g/mol. The second-order valence-electron chi connectivity index (χ2n) is 5.71. The van der Waals surface area contributed by atoms with Crippen LogP contribution in [0.2, 0.25) is 0 Å². The molecule has 1 aromatic rings. The van der Waals surface area contributed by atoms with Crippen LogP contribution in [0.15, 0.2) is 22.8 Å². The summed E-state index contributed by atoms with van der Waals surface area (Å²) in [5.74, 6) is 0.483. The average Bonchev–Trinajstić information content (AvgIpc) is 2.49. The quantitative estimate of drug-likeness (QED) is 0.875. The Morgan fingerprint density at radius 1 is 1.45 bits per heavy atom. The number of likely N-dealkylation sites (N-methyl/N-ethyl adjacent to an activating group) is 1. The first-order valence-corrected chi connectivity index (χ1v) is 8.10. The van der Waals surface area contributed by atoms with Gasteiger partial charge in [-0.3, -0.25) is 14.5 Å². The third-order valence-electron chi connectivity index (χ3n) is 3.71. The van der Waals surface area contributed by atoms with Crippen LogP contribution < -0.4 is 5.32 Å². The molecule has 1 atom stereocenters. The number of carbonyl (C=O) groups excluding carboxylic acids is 2. The number of amides is 2. The Kier molecular flexibility index (Phi) is 5.90. The first-order chi connectivity index (χ1) is 10.5. The summed E-state index contributed by atoms with van der Waals surface area (Å²) in [5.41, 5.74) is 0. The normalized spacial score (nSPS) is 18.8. The number of halogens is 1. The topological polar surface area (TPSA) is 65.5 Å². The van der Waals surface area contributed by atoms with Crippen LogP contribution >= 0.6 is 15.9 Å². The Balaban J connectivity index is 1.89. The van der Waals surface area contributed by atoms with E-state index in [1.807, 2.05) is 11.0 Å². The van der Waals surface area contributed by atoms with Gasteiger partial charge in [-0.05, 0) is 47.4 Å². The zero-order valence-corrected chi connectivity index (χ0v) is 14.5. The second kappa shape index (κ2) is 7.69. The van der Waals surface area contributed by atoms with Crippen LogP contribution in [0.4, 0.5) is 5.82 Å². The van der Waals surface area contributed by atoms with E-state index in [0.29, 0.717) is 18.9 Å². The number of likely N-dealkylation sites (tertiary alicyclic amines) is 1. The van der Waals surface area contributed by atoms with E-state index in [1.54, 1.807) is 31.3 Å². The lowest BCUT2D eigenvalue weighted by molar-refractivity contribution is -0.131. The molecule has 1 fully saturated rings. The van der Waals surface area contributed by atoms with Crippen molar-refractivity contribution in [2.24, 2.45) is 5.92 Å². The first-order valence-electron chi connectivity index (χ1n) is 7.30. The summed E-state index contributed by atoms with van der Waals surface area (Å²) < 4.78 is 0.872. The molecule has 1 aromatic heterocycles. The molecule has 2 rings (SSSR count). The van der Waals surface area contributed by atoms with Crippen LogP contribution in [0.25, 0.3) is 0 Å². The number of pyridine rings is 1. The smallest absolute Gasteiger partial charge is 0.236 e. The first kappa shape index (κ1) is 16.9. The van der Waals surface area contributed by atoms with E-state index in [9.17, 15) is 9.59 Å². The predicted octanol–water partition coefficient (Wildman–Crippen LogP) is 1.58. The van der Waals surface area contributed by atoms with Crippen molar-refractivity contribution < 1.29 is 9.59 Å². The van der Waals surface area contributed by atoms with E-state index in [1.165, 1.54) is 0 Å². The summed E-state index contributed by atoms with van der Waals surface area (Å²) in [4.78, 5) is 31.9. The molecule has 0 aliphatic carbocycles. The standard InChI is InChI=1S/C15H21BrN4O2/c1-19(2)14(21)10-20-7-3-4-11(9-20)15(22)18-13-6-5-12(16)8-17-13/h5-6,8,11H,3-4,7,9-10H2,1-2H3,(H,17,18,22). The number of piperidine rings is 1. The van der Waals surface area contributed by atoms with Crippen molar-refractivity contribution in [2.75, 3.05) is 39.0 Å². The summed E-state index contributed by atoms with van der Waals surface area (Å²) in [6, 6.07) is 3.60. The molecule has 22 heavy (non-hydrogen) atoms. The van der Waals surface area contributed by atoms with Gasteiger partial charge in [0, 0.05) is 31.3 Å². The highest BCUT2D eigenvalue weighted by atomic mass is 79.9. The van der Waals surface area contributed by atoms with Gasteiger partial charge in [-0.1, -0.05) is 0 Å². The minimum Gasteiger partial charge on any atom is -0.348 e. The minimum absolute atomic E-state index is 0.0307. The Morgan fingerprint density at radius 3 is 2.86 bits per heavy atom. The van der Waals surface area contributed by atoms with Gasteiger partial charge in [-0.25, -0.2) is 4.98 Å². The maximum atomic E-state index is 12.3. The van der Waals surface area contributed by atoms with Gasteiger partial charge in [0.05, 0.1) is 12.5 Å². The molecule has 6 nitrogen and oxygen atoms in total. The van der Waals surface area contributed by atoms with Gasteiger partial charge < -0.3 is 10.2 Å². The van der Waals surface area contributed by atoms with Crippen LogP contribution in [-0.4, -0.2) is 60.3 Å². The fraction of sp³-hybridized carbons (Fsp3) is 0.533. The fourth-order valence-electron chi connectivity index (χ4n) is 2.42. The molecule has 7 heteroatoms. The number of anilines is 1. The highest BCUT2D eigenvalue weighted by Gasteiger charge is 2.27. The second-order valence-corrected chi connectivity index (χ2v) is 6.63. The summed E-state index contributed by atoms with van der Waals surface area (Å²) in [5, 5.41) is 2.84. The number of hydrogen-bond acceptors (Lipinski definition) is 4. The maximum Gasteiger partial charge on any atom is 0.236 e. The van der Waals surface area contributed by atoms with E-state index >= 15 is 0 Å². The van der Waals surface area contributed by atoms with E-state index < -0.39 is 0 Å². The molecule has 2 amide bonds. The van der Waals surface area contributed by atoms with Gasteiger partial charge in [0.2, 0.25) is 11.8 Å². The van der Waals surface area contributed by atoms with Gasteiger partial charge in [0.1, 0.15) is 5.82 Å². The maximum absolute atomic E-state index is 12.3. The van der Waals surface area contributed by atoms with Crippen LogP contribution in [0, 0.1) is 5.92 Å². The molecule has 1 aliphatic rings. The van der Waals surface area contributed by atoms with Gasteiger partial charge in [-0.15, -0.1) is 0 Å². The summed E-state index contributed by atoms with van der Waals surface area (Å²) in [7, 11) is 3.49. The fourth-order valence-corrected chi connectivity index (χ4v) is 2.66. The van der Waals surface area contributed by atoms with Crippen LogP contribution in [0.3, 0.4) is 0 Å². The van der Waals surface area contributed by atoms with Crippen molar-refractivity contribution in [3.05, 3.63) is 22.8 Å². The Morgan fingerprint density at radius 2 is 2.23 bits per heavy atom. The zero-order valence-electron chi connectivity index (χ0n) is 12.9. The Hall–Kier alpha value is -1.47. The largest absolute Gasteiger partial charge is 0.348 e. The third-order valence-corrected chi connectivity index (χ3v) is 4.18. The number of nitrogens with zero attached hydrogens (tertiary/aromatic N) is 3.